The van der Waals surface area contributed by atoms with Crippen molar-refractivity contribution < 1.29 is 17.4 Å². The molecule has 0 amide bonds. The van der Waals surface area contributed by atoms with E-state index in [4.69, 9.17) is 4.18 Å². The number of aryl methyl sites for hydroxylation is 1. The molecule has 0 spiro atoms. The van der Waals surface area contributed by atoms with Gasteiger partial charge in [0.15, 0.2) is 5.78 Å². The van der Waals surface area contributed by atoms with E-state index < -0.39 is 16.2 Å². The van der Waals surface area contributed by atoms with Crippen LogP contribution in [0.3, 0.4) is 0 Å². The van der Waals surface area contributed by atoms with Gasteiger partial charge in [0.1, 0.15) is 6.10 Å². The summed E-state index contributed by atoms with van der Waals surface area (Å²) in [5, 5.41) is 0. The topological polar surface area (TPSA) is 60.4 Å². The molecule has 0 aromatic heterocycles. The maximum Gasteiger partial charge on any atom is 0.297 e. The molecular formula is C13H18O4S2. The van der Waals surface area contributed by atoms with Crippen LogP contribution in [0.15, 0.2) is 29.2 Å². The van der Waals surface area contributed by atoms with Crippen LogP contribution in [0.1, 0.15) is 31.2 Å². The van der Waals surface area contributed by atoms with Crippen LogP contribution in [-0.4, -0.2) is 20.3 Å². The largest absolute Gasteiger partial charge is 0.297 e. The van der Waals surface area contributed by atoms with Crippen LogP contribution in [0.25, 0.3) is 0 Å². The first kappa shape index (κ1) is 16.2. The smallest absolute Gasteiger partial charge is 0.297 e. The summed E-state index contributed by atoms with van der Waals surface area (Å²) in [6.45, 7) is 1.88. The summed E-state index contributed by atoms with van der Waals surface area (Å²) in [6.07, 6.45) is 1.76. The fourth-order valence-electron chi connectivity index (χ4n) is 1.97. The van der Waals surface area contributed by atoms with Crippen molar-refractivity contribution in [2.75, 3.05) is 0 Å². The van der Waals surface area contributed by atoms with Gasteiger partial charge in [-0.15, -0.1) is 0 Å². The zero-order chi connectivity index (χ0) is 13.2. The number of Topliss-reactive ketones (excluding diaryl/α,β-unsaturated/α-hetero) is 1. The Morgan fingerprint density at radius 3 is 2.37 bits per heavy atom. The quantitative estimate of drug-likeness (QED) is 0.804. The highest BCUT2D eigenvalue weighted by Gasteiger charge is 2.29. The van der Waals surface area contributed by atoms with Gasteiger partial charge < -0.3 is 0 Å². The third-order valence-corrected chi connectivity index (χ3v) is 4.39. The van der Waals surface area contributed by atoms with Gasteiger partial charge in [0.2, 0.25) is 0 Å². The van der Waals surface area contributed by atoms with E-state index in [1.807, 2.05) is 6.92 Å². The number of hydrogen-bond acceptors (Lipinski definition) is 4. The Bertz CT molecular complexity index is 534. The van der Waals surface area contributed by atoms with Crippen LogP contribution in [-0.2, 0) is 19.1 Å². The molecule has 4 nitrogen and oxygen atoms in total. The van der Waals surface area contributed by atoms with Gasteiger partial charge in [-0.3, -0.25) is 8.98 Å². The standard InChI is InChI=1S/C13H16O4S.H2S/c1-10-6-8-11(9-7-10)18(15,16)17-13-5-3-2-4-12(13)14;/h6-9,13H,2-5H2,1H3;1H2. The van der Waals surface area contributed by atoms with Crippen LogP contribution in [0, 0.1) is 6.92 Å². The van der Waals surface area contributed by atoms with Gasteiger partial charge in [-0.25, -0.2) is 0 Å². The fraction of sp³-hybridized carbons (Fsp3) is 0.462. The molecule has 0 heterocycles. The molecule has 1 atom stereocenters. The average Bonchev–Trinajstić information content (AvgIpc) is 2.32. The van der Waals surface area contributed by atoms with Crippen LogP contribution in [0.5, 0.6) is 0 Å². The van der Waals surface area contributed by atoms with E-state index in [0.29, 0.717) is 12.8 Å². The van der Waals surface area contributed by atoms with Gasteiger partial charge >= 0.3 is 0 Å². The lowest BCUT2D eigenvalue weighted by Gasteiger charge is -2.20. The summed E-state index contributed by atoms with van der Waals surface area (Å²) in [4.78, 5) is 11.7. The van der Waals surface area contributed by atoms with Gasteiger partial charge in [-0.1, -0.05) is 17.7 Å². The predicted molar refractivity (Wildman–Crippen MR) is 77.1 cm³/mol. The molecule has 0 radical (unpaired) electrons. The van der Waals surface area contributed by atoms with Crippen molar-refractivity contribution >= 4 is 29.4 Å². The molecule has 6 heteroatoms. The summed E-state index contributed by atoms with van der Waals surface area (Å²) in [7, 11) is -3.83. The van der Waals surface area contributed by atoms with Crippen molar-refractivity contribution in [2.24, 2.45) is 0 Å². The number of benzene rings is 1. The Balaban J connectivity index is 0.00000180. The van der Waals surface area contributed by atoms with Crippen molar-refractivity contribution in [1.29, 1.82) is 0 Å². The SMILES string of the molecule is Cc1ccc(S(=O)(=O)OC2CCCCC2=O)cc1.S. The molecule has 1 saturated carbocycles. The zero-order valence-electron chi connectivity index (χ0n) is 10.8. The summed E-state index contributed by atoms with van der Waals surface area (Å²) in [5.74, 6) is -0.114. The minimum absolute atomic E-state index is 0. The van der Waals surface area contributed by atoms with E-state index in [2.05, 4.69) is 0 Å². The Kier molecular flexibility index (Phi) is 5.58. The monoisotopic (exact) mass is 302 g/mol. The highest BCUT2D eigenvalue weighted by molar-refractivity contribution is 7.86. The lowest BCUT2D eigenvalue weighted by atomic mass is 9.97. The van der Waals surface area contributed by atoms with Crippen molar-refractivity contribution in [2.45, 2.75) is 43.6 Å². The Morgan fingerprint density at radius 2 is 1.79 bits per heavy atom. The van der Waals surface area contributed by atoms with Crippen LogP contribution < -0.4 is 0 Å². The van der Waals surface area contributed by atoms with Crippen LogP contribution >= 0.6 is 13.5 Å². The first-order valence-corrected chi connectivity index (χ1v) is 7.42. The molecule has 1 aliphatic carbocycles. The summed E-state index contributed by atoms with van der Waals surface area (Å²) in [6, 6.07) is 6.41. The van der Waals surface area contributed by atoms with E-state index in [0.717, 1.165) is 18.4 Å². The third-order valence-electron chi connectivity index (χ3n) is 3.05. The highest BCUT2D eigenvalue weighted by Crippen LogP contribution is 2.22. The minimum Gasteiger partial charge on any atom is -0.297 e. The van der Waals surface area contributed by atoms with E-state index in [1.165, 1.54) is 12.1 Å². The molecule has 1 unspecified atom stereocenters. The second kappa shape index (κ2) is 6.54. The molecule has 106 valence electrons. The van der Waals surface area contributed by atoms with E-state index in [9.17, 15) is 13.2 Å². The Hall–Kier alpha value is -0.850. The molecule has 0 saturated heterocycles. The summed E-state index contributed by atoms with van der Waals surface area (Å²) >= 11 is 0. The molecular weight excluding hydrogens is 284 g/mol. The maximum atomic E-state index is 12.0. The van der Waals surface area contributed by atoms with Gasteiger partial charge in [-0.05, 0) is 38.3 Å². The zero-order valence-corrected chi connectivity index (χ0v) is 12.6. The van der Waals surface area contributed by atoms with Gasteiger partial charge in [0, 0.05) is 6.42 Å². The van der Waals surface area contributed by atoms with Crippen molar-refractivity contribution in [3.05, 3.63) is 29.8 Å². The van der Waals surface area contributed by atoms with E-state index in [-0.39, 0.29) is 24.2 Å². The maximum absolute atomic E-state index is 12.0. The third kappa shape index (κ3) is 4.06. The lowest BCUT2D eigenvalue weighted by molar-refractivity contribution is -0.127. The molecule has 0 aliphatic heterocycles. The number of rotatable bonds is 3. The van der Waals surface area contributed by atoms with Gasteiger partial charge in [-0.2, -0.15) is 21.9 Å². The molecule has 0 N–H and O–H groups in total. The van der Waals surface area contributed by atoms with E-state index >= 15 is 0 Å². The predicted octanol–water partition coefficient (Wildman–Crippen LogP) is 2.32. The van der Waals surface area contributed by atoms with Gasteiger partial charge in [0.05, 0.1) is 4.90 Å². The molecule has 1 fully saturated rings. The highest BCUT2D eigenvalue weighted by atomic mass is 32.2. The van der Waals surface area contributed by atoms with Crippen LogP contribution in [0.4, 0.5) is 0 Å². The number of carbonyl (C=O) groups excluding carboxylic acids is 1. The summed E-state index contributed by atoms with van der Waals surface area (Å²) in [5.41, 5.74) is 0.975. The van der Waals surface area contributed by atoms with Crippen molar-refractivity contribution in [1.82, 2.24) is 0 Å². The Labute approximate surface area is 120 Å². The normalized spacial score (nSPS) is 19.8. The molecule has 1 aromatic carbocycles. The van der Waals surface area contributed by atoms with Crippen molar-refractivity contribution in [3.63, 3.8) is 0 Å². The molecule has 1 aliphatic rings. The second-order valence-electron chi connectivity index (χ2n) is 4.56. The van der Waals surface area contributed by atoms with Gasteiger partial charge in [0.25, 0.3) is 10.1 Å². The number of hydrogen-bond donors (Lipinski definition) is 0. The second-order valence-corrected chi connectivity index (χ2v) is 6.14. The molecule has 0 bridgehead atoms. The number of ketones is 1. The lowest BCUT2D eigenvalue weighted by Crippen LogP contribution is -2.30. The Morgan fingerprint density at radius 1 is 1.16 bits per heavy atom. The molecule has 1 aromatic rings. The van der Waals surface area contributed by atoms with E-state index in [1.54, 1.807) is 12.1 Å². The van der Waals surface area contributed by atoms with Crippen LogP contribution in [0.2, 0.25) is 0 Å². The first-order chi connectivity index (χ1) is 8.49. The first-order valence-electron chi connectivity index (χ1n) is 6.02. The van der Waals surface area contributed by atoms with Crippen molar-refractivity contribution in [3.8, 4) is 0 Å². The molecule has 2 rings (SSSR count). The fourth-order valence-corrected chi connectivity index (χ4v) is 3.06. The number of carbonyl (C=O) groups is 1. The summed E-state index contributed by atoms with van der Waals surface area (Å²) < 4.78 is 29.0. The minimum atomic E-state index is -3.83. The molecule has 19 heavy (non-hydrogen) atoms. The average molecular weight is 302 g/mol.